The molecule has 5 heteroatoms. The summed E-state index contributed by atoms with van der Waals surface area (Å²) >= 11 is 0. The molecule has 14 heavy (non-hydrogen) atoms. The molecule has 1 aromatic rings. The summed E-state index contributed by atoms with van der Waals surface area (Å²) < 4.78 is 0. The first kappa shape index (κ1) is 10.5. The number of amides is 1. The molecule has 0 aliphatic heterocycles. The standard InChI is InChI=1S/C9H12N2O3/c1-6(5-12)11-9(14)7-2-8(13)4-10-3-7/h2-4,6,12-13H,5H2,1H3,(H,11,14). The van der Waals surface area contributed by atoms with Crippen molar-refractivity contribution in [3.63, 3.8) is 0 Å². The van der Waals surface area contributed by atoms with Gasteiger partial charge in [0.15, 0.2) is 0 Å². The van der Waals surface area contributed by atoms with Gasteiger partial charge in [0.2, 0.25) is 0 Å². The van der Waals surface area contributed by atoms with Gasteiger partial charge in [0.1, 0.15) is 5.75 Å². The predicted molar refractivity (Wildman–Crippen MR) is 49.9 cm³/mol. The fraction of sp³-hybridized carbons (Fsp3) is 0.333. The Morgan fingerprint density at radius 1 is 1.64 bits per heavy atom. The number of aromatic hydroxyl groups is 1. The lowest BCUT2D eigenvalue weighted by atomic mass is 10.2. The molecule has 1 atom stereocenters. The van der Waals surface area contributed by atoms with Gasteiger partial charge in [-0.25, -0.2) is 0 Å². The fourth-order valence-electron chi connectivity index (χ4n) is 0.905. The molecule has 0 spiro atoms. The van der Waals surface area contributed by atoms with Crippen molar-refractivity contribution in [3.05, 3.63) is 24.0 Å². The van der Waals surface area contributed by atoms with Crippen LogP contribution in [0.3, 0.4) is 0 Å². The zero-order chi connectivity index (χ0) is 10.6. The van der Waals surface area contributed by atoms with Crippen LogP contribution in [0.5, 0.6) is 5.75 Å². The van der Waals surface area contributed by atoms with Gasteiger partial charge in [-0.1, -0.05) is 0 Å². The minimum Gasteiger partial charge on any atom is -0.506 e. The number of nitrogens with zero attached hydrogens (tertiary/aromatic N) is 1. The van der Waals surface area contributed by atoms with Gasteiger partial charge in [-0.15, -0.1) is 0 Å². The fourth-order valence-corrected chi connectivity index (χ4v) is 0.905. The van der Waals surface area contributed by atoms with Crippen molar-refractivity contribution >= 4 is 5.91 Å². The van der Waals surface area contributed by atoms with E-state index in [2.05, 4.69) is 10.3 Å². The molecule has 1 amide bonds. The molecule has 1 heterocycles. The van der Waals surface area contributed by atoms with Gasteiger partial charge in [0.05, 0.1) is 18.4 Å². The number of aliphatic hydroxyl groups excluding tert-OH is 1. The number of carbonyl (C=O) groups excluding carboxylic acids is 1. The highest BCUT2D eigenvalue weighted by Crippen LogP contribution is 2.08. The molecule has 1 unspecified atom stereocenters. The maximum Gasteiger partial charge on any atom is 0.253 e. The molecule has 0 aliphatic carbocycles. The molecule has 3 N–H and O–H groups in total. The first-order valence-electron chi connectivity index (χ1n) is 4.19. The third-order valence-electron chi connectivity index (χ3n) is 1.64. The normalized spacial score (nSPS) is 12.1. The molecule has 0 aromatic carbocycles. The highest BCUT2D eigenvalue weighted by atomic mass is 16.3. The second kappa shape index (κ2) is 4.57. The van der Waals surface area contributed by atoms with Gasteiger partial charge in [-0.05, 0) is 13.0 Å². The Morgan fingerprint density at radius 2 is 2.36 bits per heavy atom. The van der Waals surface area contributed by atoms with E-state index >= 15 is 0 Å². The molecule has 0 aliphatic rings. The summed E-state index contributed by atoms with van der Waals surface area (Å²) in [6.45, 7) is 1.55. The van der Waals surface area contributed by atoms with E-state index in [1.165, 1.54) is 18.5 Å². The number of pyridine rings is 1. The molecular weight excluding hydrogens is 184 g/mol. The number of carbonyl (C=O) groups is 1. The van der Waals surface area contributed by atoms with E-state index in [1.54, 1.807) is 6.92 Å². The lowest BCUT2D eigenvalue weighted by molar-refractivity contribution is 0.0921. The maximum absolute atomic E-state index is 11.4. The van der Waals surface area contributed by atoms with Gasteiger partial charge in [-0.3, -0.25) is 9.78 Å². The molecule has 76 valence electrons. The molecule has 1 rings (SSSR count). The van der Waals surface area contributed by atoms with Crippen molar-refractivity contribution < 1.29 is 15.0 Å². The molecule has 1 aromatic heterocycles. The van der Waals surface area contributed by atoms with Crippen LogP contribution in [0.4, 0.5) is 0 Å². The molecule has 0 fully saturated rings. The summed E-state index contributed by atoms with van der Waals surface area (Å²) in [7, 11) is 0. The summed E-state index contributed by atoms with van der Waals surface area (Å²) in [5, 5.41) is 20.3. The zero-order valence-electron chi connectivity index (χ0n) is 7.77. The summed E-state index contributed by atoms with van der Waals surface area (Å²) in [5.41, 5.74) is 0.269. The van der Waals surface area contributed by atoms with E-state index in [4.69, 9.17) is 10.2 Å². The van der Waals surface area contributed by atoms with Crippen molar-refractivity contribution in [2.45, 2.75) is 13.0 Å². The Kier molecular flexibility index (Phi) is 3.41. The van der Waals surface area contributed by atoms with Crippen LogP contribution >= 0.6 is 0 Å². The van der Waals surface area contributed by atoms with Gasteiger partial charge in [-0.2, -0.15) is 0 Å². The minimum atomic E-state index is -0.366. The summed E-state index contributed by atoms with van der Waals surface area (Å²) in [4.78, 5) is 15.1. The van der Waals surface area contributed by atoms with Gasteiger partial charge in [0.25, 0.3) is 5.91 Å². The molecule has 5 nitrogen and oxygen atoms in total. The van der Waals surface area contributed by atoms with Crippen LogP contribution in [0.15, 0.2) is 18.5 Å². The van der Waals surface area contributed by atoms with Crippen LogP contribution < -0.4 is 5.32 Å². The van der Waals surface area contributed by atoms with E-state index < -0.39 is 0 Å². The first-order chi connectivity index (χ1) is 6.63. The molecule has 0 saturated carbocycles. The van der Waals surface area contributed by atoms with Crippen molar-refractivity contribution in [1.82, 2.24) is 10.3 Å². The van der Waals surface area contributed by atoms with Crippen LogP contribution in [0.25, 0.3) is 0 Å². The number of nitrogens with one attached hydrogen (secondary N) is 1. The Bertz CT molecular complexity index is 328. The predicted octanol–water partition coefficient (Wildman–Crippen LogP) is -0.102. The zero-order valence-corrected chi connectivity index (χ0v) is 7.77. The molecule has 0 radical (unpaired) electrons. The van der Waals surface area contributed by atoms with E-state index in [9.17, 15) is 4.79 Å². The van der Waals surface area contributed by atoms with Crippen molar-refractivity contribution in [2.75, 3.05) is 6.61 Å². The van der Waals surface area contributed by atoms with E-state index in [1.807, 2.05) is 0 Å². The monoisotopic (exact) mass is 196 g/mol. The quantitative estimate of drug-likeness (QED) is 0.630. The Balaban J connectivity index is 2.70. The largest absolute Gasteiger partial charge is 0.506 e. The average molecular weight is 196 g/mol. The molecule has 0 bridgehead atoms. The first-order valence-corrected chi connectivity index (χ1v) is 4.19. The van der Waals surface area contributed by atoms with Crippen LogP contribution in [0.2, 0.25) is 0 Å². The van der Waals surface area contributed by atoms with Crippen LogP contribution in [-0.4, -0.2) is 33.8 Å². The number of hydrogen-bond acceptors (Lipinski definition) is 4. The van der Waals surface area contributed by atoms with Crippen LogP contribution in [0.1, 0.15) is 17.3 Å². The number of rotatable bonds is 3. The Labute approximate surface area is 81.4 Å². The second-order valence-corrected chi connectivity index (χ2v) is 2.99. The van der Waals surface area contributed by atoms with E-state index in [-0.39, 0.29) is 29.9 Å². The molecule has 0 saturated heterocycles. The van der Waals surface area contributed by atoms with Crippen molar-refractivity contribution in [1.29, 1.82) is 0 Å². The average Bonchev–Trinajstić information content (AvgIpc) is 2.17. The Morgan fingerprint density at radius 3 is 2.93 bits per heavy atom. The Hall–Kier alpha value is -1.62. The third-order valence-corrected chi connectivity index (χ3v) is 1.64. The topological polar surface area (TPSA) is 82.5 Å². The minimum absolute atomic E-state index is 0.0608. The lowest BCUT2D eigenvalue weighted by Crippen LogP contribution is -2.34. The van der Waals surface area contributed by atoms with Crippen LogP contribution in [0, 0.1) is 0 Å². The van der Waals surface area contributed by atoms with Gasteiger partial charge >= 0.3 is 0 Å². The number of hydrogen-bond donors (Lipinski definition) is 3. The maximum atomic E-state index is 11.4. The highest BCUT2D eigenvalue weighted by Gasteiger charge is 2.09. The van der Waals surface area contributed by atoms with Crippen molar-refractivity contribution in [2.24, 2.45) is 0 Å². The van der Waals surface area contributed by atoms with Crippen LogP contribution in [-0.2, 0) is 0 Å². The summed E-state index contributed by atoms with van der Waals surface area (Å²) in [6.07, 6.45) is 2.59. The number of aliphatic hydroxyl groups is 1. The summed E-state index contributed by atoms with van der Waals surface area (Å²) in [5.74, 6) is -0.427. The highest BCUT2D eigenvalue weighted by molar-refractivity contribution is 5.94. The van der Waals surface area contributed by atoms with Gasteiger partial charge in [0, 0.05) is 12.2 Å². The number of aromatic nitrogens is 1. The lowest BCUT2D eigenvalue weighted by Gasteiger charge is -2.10. The smallest absolute Gasteiger partial charge is 0.253 e. The third kappa shape index (κ3) is 2.70. The van der Waals surface area contributed by atoms with Gasteiger partial charge < -0.3 is 15.5 Å². The second-order valence-electron chi connectivity index (χ2n) is 2.99. The summed E-state index contributed by atoms with van der Waals surface area (Å²) in [6, 6.07) is 0.997. The van der Waals surface area contributed by atoms with Crippen molar-refractivity contribution in [3.8, 4) is 5.75 Å². The van der Waals surface area contributed by atoms with E-state index in [0.717, 1.165) is 0 Å². The SMILES string of the molecule is CC(CO)NC(=O)c1cncc(O)c1. The van der Waals surface area contributed by atoms with E-state index in [0.29, 0.717) is 0 Å². The molecular formula is C9H12N2O3.